The van der Waals surface area contributed by atoms with Gasteiger partial charge in [-0.25, -0.2) is 13.6 Å². The lowest BCUT2D eigenvalue weighted by atomic mass is 10.2. The third-order valence-electron chi connectivity index (χ3n) is 2.47. The number of para-hydroxylation sites is 1. The average molecular weight is 307 g/mol. The van der Waals surface area contributed by atoms with Crippen LogP contribution in [0.4, 0.5) is 14.5 Å². The number of isocyanates is 1. The standard InChI is InChI=1S/C14H5ClF2N2O2/c15-9-4-11(17)12(19-7-20)5-13(9)21-14-8(6-18)2-1-3-10(14)16/h1-5H. The van der Waals surface area contributed by atoms with Crippen molar-refractivity contribution in [2.75, 3.05) is 0 Å². The third kappa shape index (κ3) is 3.06. The topological polar surface area (TPSA) is 62.4 Å². The maximum atomic E-state index is 13.7. The van der Waals surface area contributed by atoms with Crippen molar-refractivity contribution in [3.8, 4) is 17.6 Å². The number of hydrogen-bond acceptors (Lipinski definition) is 4. The van der Waals surface area contributed by atoms with Crippen molar-refractivity contribution in [1.29, 1.82) is 5.26 Å². The second-order valence-corrected chi connectivity index (χ2v) is 4.17. The number of rotatable bonds is 3. The van der Waals surface area contributed by atoms with Gasteiger partial charge in [-0.05, 0) is 18.2 Å². The summed E-state index contributed by atoms with van der Waals surface area (Å²) in [4.78, 5) is 13.3. The van der Waals surface area contributed by atoms with Gasteiger partial charge in [-0.3, -0.25) is 0 Å². The first kappa shape index (κ1) is 14.7. The molecule has 7 heteroatoms. The Kier molecular flexibility index (Phi) is 4.29. The van der Waals surface area contributed by atoms with E-state index in [1.165, 1.54) is 18.2 Å². The summed E-state index contributed by atoms with van der Waals surface area (Å²) in [6, 6.07) is 7.42. The Hall–Kier alpha value is -2.74. The van der Waals surface area contributed by atoms with Crippen LogP contribution in [0.3, 0.4) is 0 Å². The van der Waals surface area contributed by atoms with Gasteiger partial charge in [0.1, 0.15) is 17.5 Å². The summed E-state index contributed by atoms with van der Waals surface area (Å²) in [5, 5.41) is 8.75. The molecule has 4 nitrogen and oxygen atoms in total. The molecule has 0 fully saturated rings. The molecule has 0 N–H and O–H groups in total. The fourth-order valence-corrected chi connectivity index (χ4v) is 1.73. The number of carbonyl (C=O) groups excluding carboxylic acids is 1. The van der Waals surface area contributed by atoms with Crippen LogP contribution in [0.2, 0.25) is 5.02 Å². The molecule has 0 atom stereocenters. The number of nitrogens with zero attached hydrogens (tertiary/aromatic N) is 2. The molecule has 2 aromatic carbocycles. The van der Waals surface area contributed by atoms with Crippen LogP contribution in [-0.4, -0.2) is 6.08 Å². The Morgan fingerprint density at radius 2 is 2.00 bits per heavy atom. The highest BCUT2D eigenvalue weighted by atomic mass is 35.5. The molecule has 2 aromatic rings. The SMILES string of the molecule is N#Cc1cccc(F)c1Oc1cc(N=C=O)c(F)cc1Cl. The van der Waals surface area contributed by atoms with Crippen molar-refractivity contribution in [2.24, 2.45) is 4.99 Å². The fraction of sp³-hybridized carbons (Fsp3) is 0. The molecule has 0 amide bonds. The zero-order valence-electron chi connectivity index (χ0n) is 10.2. The molecule has 0 aliphatic rings. The van der Waals surface area contributed by atoms with Crippen molar-refractivity contribution in [1.82, 2.24) is 0 Å². The normalized spacial score (nSPS) is 9.62. The highest BCUT2D eigenvalue weighted by molar-refractivity contribution is 6.32. The van der Waals surface area contributed by atoms with Crippen LogP contribution in [0.5, 0.6) is 11.5 Å². The lowest BCUT2D eigenvalue weighted by molar-refractivity contribution is 0.440. The van der Waals surface area contributed by atoms with Gasteiger partial charge in [-0.15, -0.1) is 0 Å². The lowest BCUT2D eigenvalue weighted by Gasteiger charge is -2.10. The minimum absolute atomic E-state index is 0.0594. The summed E-state index contributed by atoms with van der Waals surface area (Å²) >= 11 is 5.79. The summed E-state index contributed by atoms with van der Waals surface area (Å²) in [6.45, 7) is 0. The first-order valence-corrected chi connectivity index (χ1v) is 5.88. The van der Waals surface area contributed by atoms with E-state index in [4.69, 9.17) is 21.6 Å². The van der Waals surface area contributed by atoms with E-state index in [0.29, 0.717) is 0 Å². The number of hydrogen-bond donors (Lipinski definition) is 0. The smallest absolute Gasteiger partial charge is 0.240 e. The van der Waals surface area contributed by atoms with Gasteiger partial charge in [0, 0.05) is 6.07 Å². The molecule has 0 saturated heterocycles. The van der Waals surface area contributed by atoms with Gasteiger partial charge < -0.3 is 4.74 Å². The molecule has 0 aliphatic heterocycles. The maximum Gasteiger partial charge on any atom is 0.240 e. The lowest BCUT2D eigenvalue weighted by Crippen LogP contribution is -1.93. The molecule has 0 saturated carbocycles. The van der Waals surface area contributed by atoms with E-state index in [9.17, 15) is 13.6 Å². The minimum Gasteiger partial charge on any atom is -0.451 e. The molecule has 0 aromatic heterocycles. The van der Waals surface area contributed by atoms with E-state index < -0.39 is 11.6 Å². The van der Waals surface area contributed by atoms with Crippen LogP contribution in [0.25, 0.3) is 0 Å². The predicted molar refractivity (Wildman–Crippen MR) is 70.4 cm³/mol. The molecule has 0 bridgehead atoms. The van der Waals surface area contributed by atoms with Crippen molar-refractivity contribution < 1.29 is 18.3 Å². The average Bonchev–Trinajstić information content (AvgIpc) is 2.46. The van der Waals surface area contributed by atoms with Gasteiger partial charge in [-0.1, -0.05) is 17.7 Å². The largest absolute Gasteiger partial charge is 0.451 e. The van der Waals surface area contributed by atoms with E-state index in [-0.39, 0.29) is 27.8 Å². The first-order valence-electron chi connectivity index (χ1n) is 5.50. The quantitative estimate of drug-likeness (QED) is 0.629. The van der Waals surface area contributed by atoms with Gasteiger partial charge in [0.15, 0.2) is 17.4 Å². The maximum absolute atomic E-state index is 13.7. The zero-order valence-corrected chi connectivity index (χ0v) is 11.0. The van der Waals surface area contributed by atoms with Crippen molar-refractivity contribution in [2.45, 2.75) is 0 Å². The number of benzene rings is 2. The van der Waals surface area contributed by atoms with Crippen LogP contribution in [0.1, 0.15) is 5.56 Å². The second kappa shape index (κ2) is 6.14. The summed E-state index contributed by atoms with van der Waals surface area (Å²) in [6.07, 6.45) is 1.18. The Labute approximate surface area is 122 Å². The number of ether oxygens (including phenoxy) is 1. The van der Waals surface area contributed by atoms with E-state index >= 15 is 0 Å². The van der Waals surface area contributed by atoms with Gasteiger partial charge in [0.2, 0.25) is 6.08 Å². The molecular weight excluding hydrogens is 302 g/mol. The van der Waals surface area contributed by atoms with Crippen LogP contribution < -0.4 is 4.74 Å². The molecule has 0 radical (unpaired) electrons. The molecule has 0 heterocycles. The second-order valence-electron chi connectivity index (χ2n) is 3.77. The Balaban J connectivity index is 2.52. The highest BCUT2D eigenvalue weighted by Gasteiger charge is 2.15. The molecule has 0 aliphatic carbocycles. The molecule has 2 rings (SSSR count). The molecule has 104 valence electrons. The first-order chi connectivity index (χ1) is 10.1. The number of nitriles is 1. The monoisotopic (exact) mass is 306 g/mol. The molecule has 21 heavy (non-hydrogen) atoms. The van der Waals surface area contributed by atoms with Crippen molar-refractivity contribution in [3.63, 3.8) is 0 Å². The summed E-state index contributed by atoms with van der Waals surface area (Å²) in [5.41, 5.74) is -0.421. The van der Waals surface area contributed by atoms with Gasteiger partial charge in [0.05, 0.1) is 10.6 Å². The molecule has 0 spiro atoms. The minimum atomic E-state index is -0.857. The Bertz CT molecular complexity index is 796. The van der Waals surface area contributed by atoms with Crippen LogP contribution in [-0.2, 0) is 4.79 Å². The van der Waals surface area contributed by atoms with Gasteiger partial charge in [0.25, 0.3) is 0 Å². The van der Waals surface area contributed by atoms with Gasteiger partial charge in [-0.2, -0.15) is 10.3 Å². The Morgan fingerprint density at radius 3 is 2.67 bits per heavy atom. The van der Waals surface area contributed by atoms with Crippen molar-refractivity contribution in [3.05, 3.63) is 52.6 Å². The third-order valence-corrected chi connectivity index (χ3v) is 2.76. The van der Waals surface area contributed by atoms with E-state index in [1.54, 1.807) is 6.07 Å². The van der Waals surface area contributed by atoms with Crippen LogP contribution >= 0.6 is 11.6 Å². The number of halogens is 3. The Morgan fingerprint density at radius 1 is 1.24 bits per heavy atom. The fourth-order valence-electron chi connectivity index (χ4n) is 1.54. The van der Waals surface area contributed by atoms with Gasteiger partial charge >= 0.3 is 0 Å². The zero-order chi connectivity index (χ0) is 15.4. The summed E-state index contributed by atoms with van der Waals surface area (Å²) < 4.78 is 32.4. The molecule has 0 unspecified atom stereocenters. The summed E-state index contributed by atoms with van der Waals surface area (Å²) in [7, 11) is 0. The van der Waals surface area contributed by atoms with E-state index in [1.807, 2.05) is 0 Å². The number of aliphatic imine (C=N–C) groups is 1. The van der Waals surface area contributed by atoms with Crippen molar-refractivity contribution >= 4 is 23.4 Å². The van der Waals surface area contributed by atoms with Crippen LogP contribution in [0.15, 0.2) is 35.3 Å². The van der Waals surface area contributed by atoms with E-state index in [0.717, 1.165) is 18.2 Å². The predicted octanol–water partition coefficient (Wildman–Crippen LogP) is 4.25. The summed E-state index contributed by atoms with van der Waals surface area (Å²) in [5.74, 6) is -2.14. The van der Waals surface area contributed by atoms with Crippen LogP contribution in [0, 0.1) is 23.0 Å². The highest BCUT2D eigenvalue weighted by Crippen LogP contribution is 2.36. The van der Waals surface area contributed by atoms with E-state index in [2.05, 4.69) is 4.99 Å². The molecular formula is C14H5ClF2N2O2.